The summed E-state index contributed by atoms with van der Waals surface area (Å²) >= 11 is 0. The molecule has 2 N–H and O–H groups in total. The van der Waals surface area contributed by atoms with Crippen LogP contribution >= 0.6 is 0 Å². The van der Waals surface area contributed by atoms with Gasteiger partial charge >= 0.3 is 12.1 Å². The molecule has 0 atom stereocenters. The SMILES string of the molecule is C#Cc1cc(C(=O)OC)c(N)cc1C(F)(F)F. The molecule has 1 rings (SSSR count). The van der Waals surface area contributed by atoms with Gasteiger partial charge in [-0.05, 0) is 12.1 Å². The number of benzene rings is 1. The van der Waals surface area contributed by atoms with E-state index in [0.717, 1.165) is 13.2 Å². The zero-order chi connectivity index (χ0) is 13.2. The number of nitrogens with two attached hydrogens (primary N) is 1. The molecule has 0 fully saturated rings. The van der Waals surface area contributed by atoms with Crippen molar-refractivity contribution in [2.45, 2.75) is 6.18 Å². The molecule has 0 aliphatic carbocycles. The van der Waals surface area contributed by atoms with Crippen molar-refractivity contribution < 1.29 is 22.7 Å². The fraction of sp³-hybridized carbons (Fsp3) is 0.182. The van der Waals surface area contributed by atoms with Gasteiger partial charge in [0.1, 0.15) is 0 Å². The van der Waals surface area contributed by atoms with Crippen molar-refractivity contribution in [1.82, 2.24) is 0 Å². The summed E-state index contributed by atoms with van der Waals surface area (Å²) < 4.78 is 42.1. The lowest BCUT2D eigenvalue weighted by atomic mass is 10.0. The van der Waals surface area contributed by atoms with Gasteiger partial charge in [-0.1, -0.05) is 5.92 Å². The molecule has 1 aromatic rings. The molecule has 0 heterocycles. The van der Waals surface area contributed by atoms with Crippen molar-refractivity contribution >= 4 is 11.7 Å². The van der Waals surface area contributed by atoms with Gasteiger partial charge in [-0.2, -0.15) is 13.2 Å². The van der Waals surface area contributed by atoms with Gasteiger partial charge in [0.25, 0.3) is 0 Å². The van der Waals surface area contributed by atoms with E-state index < -0.39 is 23.3 Å². The maximum absolute atomic E-state index is 12.6. The summed E-state index contributed by atoms with van der Waals surface area (Å²) in [5, 5.41) is 0. The summed E-state index contributed by atoms with van der Waals surface area (Å²) in [6, 6.07) is 1.52. The third-order valence-electron chi connectivity index (χ3n) is 2.06. The lowest BCUT2D eigenvalue weighted by molar-refractivity contribution is -0.137. The van der Waals surface area contributed by atoms with Gasteiger partial charge in [-0.25, -0.2) is 4.79 Å². The van der Waals surface area contributed by atoms with Gasteiger partial charge in [-0.15, -0.1) is 6.42 Å². The molecule has 0 saturated heterocycles. The summed E-state index contributed by atoms with van der Waals surface area (Å²) in [6.07, 6.45) is 0.344. The van der Waals surface area contributed by atoms with Crippen LogP contribution in [0, 0.1) is 12.3 Å². The van der Waals surface area contributed by atoms with Crippen LogP contribution in [0.1, 0.15) is 21.5 Å². The Hall–Kier alpha value is -2.16. The van der Waals surface area contributed by atoms with Crippen LogP contribution in [0.25, 0.3) is 0 Å². The minimum Gasteiger partial charge on any atom is -0.465 e. The molecule has 0 aliphatic rings. The standard InChI is InChI=1S/C11H8F3NO2/c1-3-6-4-7(10(16)17-2)9(15)5-8(6)11(12,13)14/h1,4-5H,15H2,2H3. The molecule has 0 amide bonds. The zero-order valence-electron chi connectivity index (χ0n) is 8.76. The second-order valence-electron chi connectivity index (χ2n) is 3.12. The molecule has 0 radical (unpaired) electrons. The van der Waals surface area contributed by atoms with E-state index in [9.17, 15) is 18.0 Å². The normalized spacial score (nSPS) is 10.8. The first kappa shape index (κ1) is 12.9. The van der Waals surface area contributed by atoms with Gasteiger partial charge in [0.15, 0.2) is 0 Å². The quantitative estimate of drug-likeness (QED) is 0.466. The molecule has 0 aromatic heterocycles. The third kappa shape index (κ3) is 2.50. The lowest BCUT2D eigenvalue weighted by Crippen LogP contribution is -2.12. The number of esters is 1. The molecule has 3 nitrogen and oxygen atoms in total. The van der Waals surface area contributed by atoms with E-state index >= 15 is 0 Å². The number of carbonyl (C=O) groups is 1. The Labute approximate surface area is 95.4 Å². The number of anilines is 1. The van der Waals surface area contributed by atoms with Gasteiger partial charge < -0.3 is 10.5 Å². The van der Waals surface area contributed by atoms with E-state index in [1.165, 1.54) is 0 Å². The molecular formula is C11H8F3NO2. The summed E-state index contributed by atoms with van der Waals surface area (Å²) in [5.74, 6) is 1.03. The van der Waals surface area contributed by atoms with Crippen LogP contribution in [0.5, 0.6) is 0 Å². The number of alkyl halides is 3. The molecule has 17 heavy (non-hydrogen) atoms. The fourth-order valence-electron chi connectivity index (χ4n) is 1.26. The number of nitrogen functional groups attached to an aromatic ring is 1. The highest BCUT2D eigenvalue weighted by Gasteiger charge is 2.34. The van der Waals surface area contributed by atoms with Crippen LogP contribution in [0.4, 0.5) is 18.9 Å². The van der Waals surface area contributed by atoms with E-state index in [4.69, 9.17) is 12.2 Å². The Morgan fingerprint density at radius 2 is 2.06 bits per heavy atom. The minimum absolute atomic E-state index is 0.187. The van der Waals surface area contributed by atoms with Crippen LogP contribution in [0.3, 0.4) is 0 Å². The highest BCUT2D eigenvalue weighted by Crippen LogP contribution is 2.34. The van der Waals surface area contributed by atoms with Crippen LogP contribution in [-0.4, -0.2) is 13.1 Å². The van der Waals surface area contributed by atoms with Gasteiger partial charge in [-0.3, -0.25) is 0 Å². The highest BCUT2D eigenvalue weighted by atomic mass is 19.4. The van der Waals surface area contributed by atoms with Crippen molar-refractivity contribution in [1.29, 1.82) is 0 Å². The summed E-state index contributed by atoms with van der Waals surface area (Å²) in [4.78, 5) is 11.2. The molecule has 90 valence electrons. The monoisotopic (exact) mass is 243 g/mol. The first-order chi connectivity index (χ1) is 7.81. The number of halogens is 3. The van der Waals surface area contributed by atoms with Crippen LogP contribution < -0.4 is 5.73 Å². The van der Waals surface area contributed by atoms with Crippen molar-refractivity contribution in [3.8, 4) is 12.3 Å². The Morgan fingerprint density at radius 3 is 2.47 bits per heavy atom. The predicted octanol–water partition coefficient (Wildman–Crippen LogP) is 2.06. The van der Waals surface area contributed by atoms with Gasteiger partial charge in [0.2, 0.25) is 0 Å². The molecule has 0 bridgehead atoms. The molecule has 1 aromatic carbocycles. The van der Waals surface area contributed by atoms with Crippen molar-refractivity contribution in [2.75, 3.05) is 12.8 Å². The Balaban J connectivity index is 3.47. The lowest BCUT2D eigenvalue weighted by Gasteiger charge is -2.12. The second kappa shape index (κ2) is 4.37. The van der Waals surface area contributed by atoms with E-state index in [-0.39, 0.29) is 11.3 Å². The molecular weight excluding hydrogens is 235 g/mol. The molecule has 0 saturated carbocycles. The van der Waals surface area contributed by atoms with Crippen LogP contribution in [0.15, 0.2) is 12.1 Å². The predicted molar refractivity (Wildman–Crippen MR) is 55.1 cm³/mol. The Kier molecular flexibility index (Phi) is 3.32. The zero-order valence-corrected chi connectivity index (χ0v) is 8.76. The van der Waals surface area contributed by atoms with Crippen LogP contribution in [0.2, 0.25) is 0 Å². The van der Waals surface area contributed by atoms with Crippen molar-refractivity contribution in [3.05, 3.63) is 28.8 Å². The number of ether oxygens (including phenoxy) is 1. The summed E-state index contributed by atoms with van der Waals surface area (Å²) in [7, 11) is 1.09. The number of methoxy groups -OCH3 is 1. The van der Waals surface area contributed by atoms with Crippen molar-refractivity contribution in [2.24, 2.45) is 0 Å². The molecule has 6 heteroatoms. The van der Waals surface area contributed by atoms with Gasteiger partial charge in [0, 0.05) is 11.3 Å². The number of carbonyl (C=O) groups excluding carboxylic acids is 1. The maximum Gasteiger partial charge on any atom is 0.417 e. The highest BCUT2D eigenvalue weighted by molar-refractivity contribution is 5.95. The fourth-order valence-corrected chi connectivity index (χ4v) is 1.26. The number of rotatable bonds is 1. The summed E-state index contributed by atoms with van der Waals surface area (Å²) in [5.41, 5.74) is 3.33. The molecule has 0 unspecified atom stereocenters. The van der Waals surface area contributed by atoms with E-state index in [1.54, 1.807) is 0 Å². The number of terminal acetylenes is 1. The maximum atomic E-state index is 12.6. The van der Waals surface area contributed by atoms with Crippen molar-refractivity contribution in [3.63, 3.8) is 0 Å². The average Bonchev–Trinajstić information content (AvgIpc) is 2.26. The van der Waals surface area contributed by atoms with Gasteiger partial charge in [0.05, 0.1) is 18.2 Å². The Bertz CT molecular complexity index is 501. The summed E-state index contributed by atoms with van der Waals surface area (Å²) in [6.45, 7) is 0. The number of hydrogen-bond acceptors (Lipinski definition) is 3. The Morgan fingerprint density at radius 1 is 1.47 bits per heavy atom. The average molecular weight is 243 g/mol. The second-order valence-corrected chi connectivity index (χ2v) is 3.12. The molecule has 0 spiro atoms. The smallest absolute Gasteiger partial charge is 0.417 e. The third-order valence-corrected chi connectivity index (χ3v) is 2.06. The topological polar surface area (TPSA) is 52.3 Å². The molecule has 0 aliphatic heterocycles. The first-order valence-electron chi connectivity index (χ1n) is 4.37. The van der Waals surface area contributed by atoms with Crippen LogP contribution in [-0.2, 0) is 10.9 Å². The number of hydrogen-bond donors (Lipinski definition) is 1. The van der Waals surface area contributed by atoms with E-state index in [2.05, 4.69) is 4.74 Å². The van der Waals surface area contributed by atoms with E-state index in [0.29, 0.717) is 6.07 Å². The first-order valence-corrected chi connectivity index (χ1v) is 4.37. The largest absolute Gasteiger partial charge is 0.465 e. The minimum atomic E-state index is -4.62. The van der Waals surface area contributed by atoms with E-state index in [1.807, 2.05) is 5.92 Å².